The van der Waals surface area contributed by atoms with E-state index in [1.807, 2.05) is 50.2 Å². The number of hydrogen-bond acceptors (Lipinski definition) is 7. The number of rotatable bonds is 9. The number of nitrogens with zero attached hydrogens (tertiary/aromatic N) is 2. The van der Waals surface area contributed by atoms with Crippen molar-refractivity contribution in [3.63, 3.8) is 0 Å². The number of nitrogens with one attached hydrogen (secondary N) is 2. The minimum Gasteiger partial charge on any atom is -0.475 e. The van der Waals surface area contributed by atoms with Gasteiger partial charge >= 0.3 is 11.4 Å². The van der Waals surface area contributed by atoms with Crippen molar-refractivity contribution in [2.45, 2.75) is 33.9 Å². The fourth-order valence-corrected chi connectivity index (χ4v) is 4.08. The third-order valence-electron chi connectivity index (χ3n) is 5.82. The Kier molecular flexibility index (Phi) is 7.17. The van der Waals surface area contributed by atoms with Gasteiger partial charge in [0, 0.05) is 29.6 Å². The smallest absolute Gasteiger partial charge is 0.440 e. The average molecular weight is 477 g/mol. The number of ether oxygens (including phenoxy) is 1. The molecule has 3 N–H and O–H groups in total. The third kappa shape index (κ3) is 5.52. The van der Waals surface area contributed by atoms with Crippen LogP contribution in [0.25, 0.3) is 11.1 Å². The lowest BCUT2D eigenvalue weighted by atomic mass is 9.92. The van der Waals surface area contributed by atoms with Crippen molar-refractivity contribution in [3.05, 3.63) is 97.5 Å². The van der Waals surface area contributed by atoms with E-state index in [0.717, 1.165) is 49.5 Å². The largest absolute Gasteiger partial charge is 0.475 e. The highest BCUT2D eigenvalue weighted by atomic mass is 16.5. The predicted molar refractivity (Wildman–Crippen MR) is 133 cm³/mol. The molecule has 0 fully saturated rings. The van der Waals surface area contributed by atoms with E-state index in [1.165, 1.54) is 0 Å². The lowest BCUT2D eigenvalue weighted by Gasteiger charge is -2.17. The Balaban J connectivity index is 1.48. The zero-order valence-corrected chi connectivity index (χ0v) is 19.9. The standard InChI is InChI=1S/C26H28N4O5/c1-16-13-23(34-12-11-31)28-18(3)24(16)22-6-4-5-20(17(22)2)14-27-21-9-7-19(8-10-21)15-30-25(32)29-26(33)35-30/h4-10,13,27,31H,11-12,14-15H2,1-3H3,(H,29,32,33). The summed E-state index contributed by atoms with van der Waals surface area (Å²) in [6, 6.07) is 15.7. The van der Waals surface area contributed by atoms with Crippen LogP contribution in [0.3, 0.4) is 0 Å². The number of hydrogen-bond donors (Lipinski definition) is 3. The first-order valence-electron chi connectivity index (χ1n) is 11.3. The van der Waals surface area contributed by atoms with Crippen LogP contribution in [0.15, 0.2) is 62.6 Å². The Morgan fingerprint density at radius 1 is 1.11 bits per heavy atom. The van der Waals surface area contributed by atoms with Crippen LogP contribution < -0.4 is 21.5 Å². The molecule has 0 saturated carbocycles. The Bertz CT molecular complexity index is 1410. The van der Waals surface area contributed by atoms with Gasteiger partial charge in [-0.2, -0.15) is 0 Å². The molecule has 4 rings (SSSR count). The van der Waals surface area contributed by atoms with Gasteiger partial charge in [-0.25, -0.2) is 19.6 Å². The first-order valence-corrected chi connectivity index (χ1v) is 11.3. The van der Waals surface area contributed by atoms with Crippen LogP contribution in [0.5, 0.6) is 5.88 Å². The van der Waals surface area contributed by atoms with E-state index in [1.54, 1.807) is 0 Å². The minimum atomic E-state index is -0.766. The second kappa shape index (κ2) is 10.4. The van der Waals surface area contributed by atoms with Crippen molar-refractivity contribution in [3.8, 4) is 17.0 Å². The molecule has 0 radical (unpaired) electrons. The number of aryl methyl sites for hydroxylation is 2. The van der Waals surface area contributed by atoms with Gasteiger partial charge in [0.2, 0.25) is 5.88 Å². The Morgan fingerprint density at radius 3 is 2.54 bits per heavy atom. The van der Waals surface area contributed by atoms with Crippen molar-refractivity contribution in [1.82, 2.24) is 14.7 Å². The third-order valence-corrected chi connectivity index (χ3v) is 5.82. The van der Waals surface area contributed by atoms with Gasteiger partial charge in [0.15, 0.2) is 0 Å². The number of aliphatic hydroxyl groups is 1. The molecule has 0 aliphatic rings. The fraction of sp³-hybridized carbons (Fsp3) is 0.269. The van der Waals surface area contributed by atoms with Crippen LogP contribution in [-0.4, -0.2) is 33.0 Å². The number of pyridine rings is 1. The van der Waals surface area contributed by atoms with Crippen LogP contribution >= 0.6 is 0 Å². The molecule has 9 heteroatoms. The normalized spacial score (nSPS) is 11.0. The Hall–Kier alpha value is -4.11. The number of aliphatic hydroxyl groups excluding tert-OH is 1. The summed E-state index contributed by atoms with van der Waals surface area (Å²) in [4.78, 5) is 29.4. The molecular formula is C26H28N4O5. The van der Waals surface area contributed by atoms with Crippen molar-refractivity contribution >= 4 is 5.69 Å². The summed E-state index contributed by atoms with van der Waals surface area (Å²) in [5.41, 5.74) is 7.66. The van der Waals surface area contributed by atoms with Crippen LogP contribution in [0.1, 0.15) is 27.9 Å². The molecule has 0 aliphatic heterocycles. The van der Waals surface area contributed by atoms with Gasteiger partial charge in [0.1, 0.15) is 6.61 Å². The van der Waals surface area contributed by atoms with Crippen LogP contribution in [-0.2, 0) is 13.1 Å². The molecule has 0 spiro atoms. The van der Waals surface area contributed by atoms with E-state index in [9.17, 15) is 9.59 Å². The molecule has 35 heavy (non-hydrogen) atoms. The van der Waals surface area contributed by atoms with E-state index in [2.05, 4.69) is 34.3 Å². The zero-order valence-electron chi connectivity index (χ0n) is 19.9. The maximum Gasteiger partial charge on any atom is 0.440 e. The fourth-order valence-electron chi connectivity index (χ4n) is 4.08. The lowest BCUT2D eigenvalue weighted by molar-refractivity contribution is 0.196. The second-order valence-corrected chi connectivity index (χ2v) is 8.30. The molecule has 182 valence electrons. The van der Waals surface area contributed by atoms with Gasteiger partial charge in [-0.1, -0.05) is 30.3 Å². The summed E-state index contributed by atoms with van der Waals surface area (Å²) in [6.45, 7) is 7.08. The first-order chi connectivity index (χ1) is 16.9. The number of H-pyrrole nitrogens is 1. The molecule has 9 nitrogen and oxygen atoms in total. The summed E-state index contributed by atoms with van der Waals surface area (Å²) in [6.07, 6.45) is 0. The van der Waals surface area contributed by atoms with E-state index in [4.69, 9.17) is 14.4 Å². The van der Waals surface area contributed by atoms with Gasteiger partial charge in [-0.15, -0.1) is 4.74 Å². The topological polar surface area (TPSA) is 122 Å². The number of benzene rings is 2. The van der Waals surface area contributed by atoms with Crippen LogP contribution in [0.2, 0.25) is 0 Å². The van der Waals surface area contributed by atoms with Gasteiger partial charge in [0.25, 0.3) is 0 Å². The summed E-state index contributed by atoms with van der Waals surface area (Å²) >= 11 is 0. The second-order valence-electron chi connectivity index (χ2n) is 8.30. The number of anilines is 1. The van der Waals surface area contributed by atoms with Gasteiger partial charge in [-0.05, 0) is 60.7 Å². The van der Waals surface area contributed by atoms with Crippen molar-refractivity contribution in [1.29, 1.82) is 0 Å². The zero-order chi connectivity index (χ0) is 24.9. The molecule has 0 saturated heterocycles. The molecule has 4 aromatic rings. The summed E-state index contributed by atoms with van der Waals surface area (Å²) in [5, 5.41) is 12.4. The summed E-state index contributed by atoms with van der Waals surface area (Å²) in [5.74, 6) is -0.252. The Morgan fingerprint density at radius 2 is 1.89 bits per heavy atom. The molecule has 0 unspecified atom stereocenters. The quantitative estimate of drug-likeness (QED) is 0.339. The van der Waals surface area contributed by atoms with Crippen molar-refractivity contribution in [2.75, 3.05) is 18.5 Å². The molecule has 0 bridgehead atoms. The number of aromatic nitrogens is 3. The van der Waals surface area contributed by atoms with E-state index in [0.29, 0.717) is 12.4 Å². The van der Waals surface area contributed by atoms with Gasteiger partial charge in [-0.3, -0.25) is 0 Å². The first kappa shape index (κ1) is 24.0. The maximum atomic E-state index is 11.6. The highest BCUT2D eigenvalue weighted by Crippen LogP contribution is 2.32. The van der Waals surface area contributed by atoms with Crippen molar-refractivity contribution < 1.29 is 14.4 Å². The van der Waals surface area contributed by atoms with E-state index < -0.39 is 11.4 Å². The van der Waals surface area contributed by atoms with E-state index >= 15 is 0 Å². The Labute approximate surface area is 202 Å². The minimum absolute atomic E-state index is 0.0522. The number of aromatic amines is 1. The molecule has 2 aromatic heterocycles. The van der Waals surface area contributed by atoms with Crippen molar-refractivity contribution in [2.24, 2.45) is 0 Å². The molecule has 0 aliphatic carbocycles. The highest BCUT2D eigenvalue weighted by Gasteiger charge is 2.14. The summed E-state index contributed by atoms with van der Waals surface area (Å²) < 4.78 is 11.3. The molecule has 2 heterocycles. The average Bonchev–Trinajstić information content (AvgIpc) is 3.14. The van der Waals surface area contributed by atoms with Crippen LogP contribution in [0.4, 0.5) is 5.69 Å². The maximum absolute atomic E-state index is 11.6. The molecule has 0 atom stereocenters. The highest BCUT2D eigenvalue weighted by molar-refractivity contribution is 5.74. The lowest BCUT2D eigenvalue weighted by Crippen LogP contribution is -2.17. The summed E-state index contributed by atoms with van der Waals surface area (Å²) in [7, 11) is 0. The SMILES string of the molecule is Cc1cc(OCCO)nc(C)c1-c1cccc(CNc2ccc(Cn3oc(=O)[nH]c3=O)cc2)c1C. The molecular weight excluding hydrogens is 448 g/mol. The van der Waals surface area contributed by atoms with Crippen LogP contribution in [0, 0.1) is 20.8 Å². The van der Waals surface area contributed by atoms with Gasteiger partial charge < -0.3 is 19.7 Å². The monoisotopic (exact) mass is 476 g/mol. The molecule has 2 aromatic carbocycles. The predicted octanol–water partition coefficient (Wildman–Crippen LogP) is 3.15. The van der Waals surface area contributed by atoms with E-state index in [-0.39, 0.29) is 19.8 Å². The molecule has 0 amide bonds. The van der Waals surface area contributed by atoms with Gasteiger partial charge in [0.05, 0.1) is 13.2 Å².